The van der Waals surface area contributed by atoms with E-state index in [2.05, 4.69) is 10.1 Å². The quantitative estimate of drug-likeness (QED) is 0.0422. The molecule has 220 valence electrons. The van der Waals surface area contributed by atoms with E-state index in [1.165, 1.54) is 42.6 Å². The third-order valence-electron chi connectivity index (χ3n) is 6.24. The van der Waals surface area contributed by atoms with E-state index in [-0.39, 0.29) is 29.6 Å². The molecule has 0 amide bonds. The van der Waals surface area contributed by atoms with E-state index in [1.807, 2.05) is 0 Å². The summed E-state index contributed by atoms with van der Waals surface area (Å²) >= 11 is 12.6. The molecule has 0 aliphatic carbocycles. The van der Waals surface area contributed by atoms with Crippen molar-refractivity contribution in [2.24, 2.45) is 5.10 Å². The molecule has 0 atom stereocenters. The number of nitrogens with zero attached hydrogens (tertiary/aromatic N) is 4. The average Bonchev–Trinajstić information content (AvgIpc) is 3.01. The number of para-hydroxylation sites is 1. The molecule has 0 aliphatic heterocycles. The summed E-state index contributed by atoms with van der Waals surface area (Å²) in [6.45, 7) is 2.07. The highest BCUT2D eigenvalue weighted by atomic mass is 35.5. The molecule has 0 aliphatic rings. The lowest BCUT2D eigenvalue weighted by molar-refractivity contribution is -0.384. The summed E-state index contributed by atoms with van der Waals surface area (Å²) in [5.41, 5.74) is 1.63. The number of carbonyl (C=O) groups excluding carboxylic acids is 1. The van der Waals surface area contributed by atoms with Crippen LogP contribution in [0.2, 0.25) is 10.0 Å². The molecule has 0 bridgehead atoms. The second kappa shape index (κ2) is 13.3. The van der Waals surface area contributed by atoms with Crippen molar-refractivity contribution < 1.29 is 19.2 Å². The number of rotatable bonds is 9. The van der Waals surface area contributed by atoms with Crippen molar-refractivity contribution in [3.05, 3.63) is 133 Å². The number of carbonyl (C=O) groups is 1. The van der Waals surface area contributed by atoms with Crippen LogP contribution in [-0.4, -0.2) is 33.4 Å². The largest absolute Gasteiger partial charge is 0.490 e. The molecule has 0 radical (unpaired) electrons. The van der Waals surface area contributed by atoms with Gasteiger partial charge >= 0.3 is 5.97 Å². The summed E-state index contributed by atoms with van der Waals surface area (Å²) in [5.74, 6) is -0.00924. The van der Waals surface area contributed by atoms with Crippen LogP contribution in [0, 0.1) is 10.1 Å². The number of hydrogen-bond acceptors (Lipinski definition) is 8. The predicted octanol–water partition coefficient (Wildman–Crippen LogP) is 7.18. The first-order valence-corrected chi connectivity index (χ1v) is 13.9. The molecule has 4 aromatic carbocycles. The van der Waals surface area contributed by atoms with E-state index in [0.29, 0.717) is 37.6 Å². The first-order chi connectivity index (χ1) is 21.2. The minimum atomic E-state index is -0.677. The maximum atomic E-state index is 13.5. The second-order valence-corrected chi connectivity index (χ2v) is 10.0. The fourth-order valence-corrected chi connectivity index (χ4v) is 4.66. The topological polar surface area (TPSA) is 126 Å². The van der Waals surface area contributed by atoms with Gasteiger partial charge in [0.15, 0.2) is 17.3 Å². The maximum Gasteiger partial charge on any atom is 0.336 e. The zero-order chi connectivity index (χ0) is 31.2. The Balaban J connectivity index is 1.44. The molecule has 12 heteroatoms. The van der Waals surface area contributed by atoms with Gasteiger partial charge in [-0.3, -0.25) is 14.9 Å². The van der Waals surface area contributed by atoms with Gasteiger partial charge in [-0.05, 0) is 84.8 Å². The number of fused-ring (bicyclic) bond motifs is 1. The number of aromatic nitrogens is 2. The van der Waals surface area contributed by atoms with E-state index in [4.69, 9.17) is 32.7 Å². The first-order valence-electron chi connectivity index (χ1n) is 13.2. The maximum absolute atomic E-state index is 13.5. The van der Waals surface area contributed by atoms with E-state index in [9.17, 15) is 19.7 Å². The normalized spacial score (nSPS) is 11.3. The summed E-state index contributed by atoms with van der Waals surface area (Å²) in [6, 6.07) is 22.3. The minimum Gasteiger partial charge on any atom is -0.490 e. The van der Waals surface area contributed by atoms with Crippen molar-refractivity contribution in [3.63, 3.8) is 0 Å². The number of nitro benzene ring substituents is 1. The van der Waals surface area contributed by atoms with Crippen LogP contribution in [-0.2, 0) is 4.79 Å². The Morgan fingerprint density at radius 2 is 1.75 bits per heavy atom. The SMILES string of the molecule is CCOc1cc(C=Nn2c(-c3ccc(Cl)cc3Cl)nc3ccccc3c2=O)ccc1OC(=O)/C=C/c1ccc([N+](=O)[O-])cc1. The van der Waals surface area contributed by atoms with Crippen LogP contribution in [0.1, 0.15) is 18.1 Å². The molecule has 1 heterocycles. The van der Waals surface area contributed by atoms with Gasteiger partial charge in [-0.15, -0.1) is 0 Å². The molecular weight excluding hydrogens is 607 g/mol. The fraction of sp³-hybridized carbons (Fsp3) is 0.0625. The minimum absolute atomic E-state index is 0.0542. The highest BCUT2D eigenvalue weighted by Gasteiger charge is 2.16. The van der Waals surface area contributed by atoms with Gasteiger partial charge in [0.2, 0.25) is 0 Å². The lowest BCUT2D eigenvalue weighted by Crippen LogP contribution is -2.20. The molecule has 5 aromatic rings. The van der Waals surface area contributed by atoms with E-state index in [1.54, 1.807) is 67.6 Å². The number of halogens is 2. The Bertz CT molecular complexity index is 2010. The van der Waals surface area contributed by atoms with Crippen LogP contribution in [0.25, 0.3) is 28.4 Å². The lowest BCUT2D eigenvalue weighted by atomic mass is 10.2. The number of benzene rings is 4. The molecule has 0 spiro atoms. The Kier molecular flexibility index (Phi) is 9.13. The monoisotopic (exact) mass is 628 g/mol. The van der Waals surface area contributed by atoms with Gasteiger partial charge in [-0.25, -0.2) is 9.78 Å². The molecule has 0 unspecified atom stereocenters. The zero-order valence-electron chi connectivity index (χ0n) is 23.0. The molecule has 0 saturated heterocycles. The molecule has 44 heavy (non-hydrogen) atoms. The van der Waals surface area contributed by atoms with Crippen LogP contribution < -0.4 is 15.0 Å². The molecule has 1 aromatic heterocycles. The third-order valence-corrected chi connectivity index (χ3v) is 6.79. The molecule has 0 fully saturated rings. The Hall–Kier alpha value is -5.32. The summed E-state index contributed by atoms with van der Waals surface area (Å²) in [6.07, 6.45) is 4.13. The van der Waals surface area contributed by atoms with Crippen LogP contribution in [0.4, 0.5) is 5.69 Å². The molecule has 0 N–H and O–H groups in total. The number of ether oxygens (including phenoxy) is 2. The van der Waals surface area contributed by atoms with Gasteiger partial charge in [0.25, 0.3) is 11.2 Å². The lowest BCUT2D eigenvalue weighted by Gasteiger charge is -2.12. The van der Waals surface area contributed by atoms with Gasteiger partial charge in [0.05, 0.1) is 33.7 Å². The predicted molar refractivity (Wildman–Crippen MR) is 170 cm³/mol. The highest BCUT2D eigenvalue weighted by molar-refractivity contribution is 6.36. The van der Waals surface area contributed by atoms with Crippen LogP contribution in [0.3, 0.4) is 0 Å². The van der Waals surface area contributed by atoms with Gasteiger partial charge in [0.1, 0.15) is 0 Å². The number of esters is 1. The Labute approximate surface area is 260 Å². The molecule has 10 nitrogen and oxygen atoms in total. The molecule has 0 saturated carbocycles. The summed E-state index contributed by atoms with van der Waals surface area (Å²) in [4.78, 5) is 41.0. The van der Waals surface area contributed by atoms with E-state index < -0.39 is 16.5 Å². The second-order valence-electron chi connectivity index (χ2n) is 9.18. The van der Waals surface area contributed by atoms with Gasteiger partial charge in [-0.2, -0.15) is 9.78 Å². The molecular formula is C32H22Cl2N4O6. The van der Waals surface area contributed by atoms with Gasteiger partial charge in [0, 0.05) is 28.8 Å². The smallest absolute Gasteiger partial charge is 0.336 e. The zero-order valence-corrected chi connectivity index (χ0v) is 24.5. The summed E-state index contributed by atoms with van der Waals surface area (Å²) in [7, 11) is 0. The molecule has 5 rings (SSSR count). The Morgan fingerprint density at radius 3 is 2.48 bits per heavy atom. The Morgan fingerprint density at radius 1 is 1.00 bits per heavy atom. The average molecular weight is 629 g/mol. The van der Waals surface area contributed by atoms with Gasteiger partial charge in [-0.1, -0.05) is 35.3 Å². The van der Waals surface area contributed by atoms with Crippen LogP contribution >= 0.6 is 23.2 Å². The summed E-state index contributed by atoms with van der Waals surface area (Å²) < 4.78 is 12.3. The third kappa shape index (κ3) is 6.83. The summed E-state index contributed by atoms with van der Waals surface area (Å²) in [5, 5.41) is 16.4. The van der Waals surface area contributed by atoms with Crippen LogP contribution in [0.5, 0.6) is 11.5 Å². The van der Waals surface area contributed by atoms with Crippen LogP contribution in [0.15, 0.2) is 101 Å². The van der Waals surface area contributed by atoms with Crippen molar-refractivity contribution in [1.29, 1.82) is 0 Å². The van der Waals surface area contributed by atoms with Crippen molar-refractivity contribution >= 4 is 58.1 Å². The van der Waals surface area contributed by atoms with Crippen molar-refractivity contribution in [1.82, 2.24) is 9.66 Å². The van der Waals surface area contributed by atoms with Crippen molar-refractivity contribution in [2.45, 2.75) is 6.92 Å². The first kappa shape index (κ1) is 30.1. The fourth-order valence-electron chi connectivity index (χ4n) is 4.17. The number of nitro groups is 1. The number of hydrogen-bond donors (Lipinski definition) is 0. The van der Waals surface area contributed by atoms with Crippen molar-refractivity contribution in [2.75, 3.05) is 6.61 Å². The van der Waals surface area contributed by atoms with E-state index >= 15 is 0 Å². The standard InChI is InChI=1S/C32H22Cl2N4O6/c1-2-43-29-17-21(9-15-28(29)44-30(39)16-10-20-7-12-23(13-8-20)38(41)42)19-35-37-31(24-14-11-22(33)18-26(24)34)36-27-6-4-3-5-25(27)32(37)40/h3-19H,2H2,1H3/b16-10+,35-19?. The van der Waals surface area contributed by atoms with Crippen molar-refractivity contribution in [3.8, 4) is 22.9 Å². The van der Waals surface area contributed by atoms with E-state index in [0.717, 1.165) is 4.68 Å². The highest BCUT2D eigenvalue weighted by Crippen LogP contribution is 2.31. The van der Waals surface area contributed by atoms with Gasteiger partial charge < -0.3 is 9.47 Å². The number of non-ortho nitro benzene ring substituents is 1.